The Kier molecular flexibility index (Phi) is 6.53. The van der Waals surface area contributed by atoms with Gasteiger partial charge in [0.25, 0.3) is 0 Å². The standard InChI is InChI=1S/C19H21ClFN3O/c1-4-6-17(23-5-2)13-9-18(19(22)24-11-13)25-12(3)15-10-14(21)7-8-16(15)20/h5-12H,4H2,1-3H3,(H2,22,24)/b17-6-,23-5?. The van der Waals surface area contributed by atoms with Crippen molar-refractivity contribution in [3.05, 3.63) is 58.5 Å². The lowest BCUT2D eigenvalue weighted by molar-refractivity contribution is 0.227. The van der Waals surface area contributed by atoms with Crippen LogP contribution in [-0.4, -0.2) is 11.2 Å². The van der Waals surface area contributed by atoms with Crippen LogP contribution < -0.4 is 10.5 Å². The third kappa shape index (κ3) is 4.79. The fraction of sp³-hybridized carbons (Fsp3) is 0.263. The maximum Gasteiger partial charge on any atom is 0.166 e. The lowest BCUT2D eigenvalue weighted by atomic mass is 10.1. The van der Waals surface area contributed by atoms with Gasteiger partial charge in [0.1, 0.15) is 11.9 Å². The summed E-state index contributed by atoms with van der Waals surface area (Å²) in [5, 5.41) is 0.429. The molecule has 0 radical (unpaired) electrons. The van der Waals surface area contributed by atoms with E-state index >= 15 is 0 Å². The van der Waals surface area contributed by atoms with Gasteiger partial charge in [-0.05, 0) is 44.5 Å². The van der Waals surface area contributed by atoms with E-state index in [1.165, 1.54) is 18.2 Å². The molecule has 4 nitrogen and oxygen atoms in total. The van der Waals surface area contributed by atoms with Gasteiger partial charge in [-0.3, -0.25) is 4.99 Å². The summed E-state index contributed by atoms with van der Waals surface area (Å²) in [6.07, 6.45) is 5.70. The van der Waals surface area contributed by atoms with E-state index in [-0.39, 0.29) is 11.6 Å². The highest BCUT2D eigenvalue weighted by atomic mass is 35.5. The highest BCUT2D eigenvalue weighted by Crippen LogP contribution is 2.32. The van der Waals surface area contributed by atoms with Gasteiger partial charge in [0.15, 0.2) is 11.6 Å². The molecule has 0 saturated heterocycles. The highest BCUT2D eigenvalue weighted by molar-refractivity contribution is 6.31. The third-order valence-electron chi connectivity index (χ3n) is 3.54. The zero-order valence-electron chi connectivity index (χ0n) is 14.5. The lowest BCUT2D eigenvalue weighted by Crippen LogP contribution is -2.07. The van der Waals surface area contributed by atoms with Crippen LogP contribution in [0.25, 0.3) is 5.70 Å². The predicted octanol–water partition coefficient (Wildman–Crippen LogP) is 5.44. The Morgan fingerprint density at radius 3 is 2.88 bits per heavy atom. The first-order chi connectivity index (χ1) is 12.0. The molecule has 2 rings (SSSR count). The average molecular weight is 362 g/mol. The molecule has 2 N–H and O–H groups in total. The molecule has 1 unspecified atom stereocenters. The number of nitrogens with zero attached hydrogens (tertiary/aromatic N) is 2. The van der Waals surface area contributed by atoms with Crippen molar-refractivity contribution in [3.8, 4) is 5.75 Å². The summed E-state index contributed by atoms with van der Waals surface area (Å²) in [6.45, 7) is 5.65. The number of hydrogen-bond donors (Lipinski definition) is 1. The van der Waals surface area contributed by atoms with Crippen LogP contribution in [-0.2, 0) is 0 Å². The van der Waals surface area contributed by atoms with E-state index in [4.69, 9.17) is 22.1 Å². The Morgan fingerprint density at radius 2 is 2.20 bits per heavy atom. The molecule has 0 spiro atoms. The molecule has 132 valence electrons. The van der Waals surface area contributed by atoms with Crippen LogP contribution in [0.5, 0.6) is 5.75 Å². The summed E-state index contributed by atoms with van der Waals surface area (Å²) in [4.78, 5) is 8.53. The van der Waals surface area contributed by atoms with Crippen LogP contribution in [0.4, 0.5) is 10.2 Å². The van der Waals surface area contributed by atoms with E-state index in [2.05, 4.69) is 9.98 Å². The summed E-state index contributed by atoms with van der Waals surface area (Å²) < 4.78 is 19.4. The second-order valence-electron chi connectivity index (χ2n) is 5.42. The monoisotopic (exact) mass is 361 g/mol. The summed E-state index contributed by atoms with van der Waals surface area (Å²) >= 11 is 6.14. The van der Waals surface area contributed by atoms with Gasteiger partial charge < -0.3 is 10.5 Å². The molecule has 0 amide bonds. The average Bonchev–Trinajstić information content (AvgIpc) is 2.58. The van der Waals surface area contributed by atoms with E-state index in [9.17, 15) is 4.39 Å². The molecule has 0 saturated carbocycles. The molecular formula is C19H21ClFN3O. The van der Waals surface area contributed by atoms with Gasteiger partial charge >= 0.3 is 0 Å². The van der Waals surface area contributed by atoms with E-state index < -0.39 is 6.10 Å². The van der Waals surface area contributed by atoms with E-state index in [1.54, 1.807) is 25.4 Å². The molecule has 25 heavy (non-hydrogen) atoms. The number of aliphatic imine (C=N–C) groups is 1. The molecule has 0 bridgehead atoms. The number of nitrogen functional groups attached to an aromatic ring is 1. The summed E-state index contributed by atoms with van der Waals surface area (Å²) in [6, 6.07) is 5.94. The predicted molar refractivity (Wildman–Crippen MR) is 102 cm³/mol. The fourth-order valence-corrected chi connectivity index (χ4v) is 2.62. The molecule has 6 heteroatoms. The minimum absolute atomic E-state index is 0.249. The first-order valence-electron chi connectivity index (χ1n) is 8.02. The number of ether oxygens (including phenoxy) is 1. The molecule has 1 heterocycles. The SMILES string of the molecule is CC=N/C(=C\CC)c1cnc(N)c(OC(C)c2cc(F)ccc2Cl)c1. The van der Waals surface area contributed by atoms with Crippen molar-refractivity contribution in [1.29, 1.82) is 0 Å². The van der Waals surface area contributed by atoms with Crippen molar-refractivity contribution in [2.24, 2.45) is 4.99 Å². The Labute approximate surface area is 152 Å². The zero-order valence-corrected chi connectivity index (χ0v) is 15.2. The van der Waals surface area contributed by atoms with Gasteiger partial charge in [0, 0.05) is 28.6 Å². The van der Waals surface area contributed by atoms with Gasteiger partial charge in [0.05, 0.1) is 5.70 Å². The second kappa shape index (κ2) is 8.62. The number of nitrogens with two attached hydrogens (primary N) is 1. The van der Waals surface area contributed by atoms with Crippen molar-refractivity contribution < 1.29 is 9.13 Å². The van der Waals surface area contributed by atoms with Crippen LogP contribution >= 0.6 is 11.6 Å². The highest BCUT2D eigenvalue weighted by Gasteiger charge is 2.15. The molecular weight excluding hydrogens is 341 g/mol. The summed E-state index contributed by atoms with van der Waals surface area (Å²) in [5.41, 5.74) is 8.06. The Bertz CT molecular complexity index is 805. The zero-order chi connectivity index (χ0) is 18.4. The quantitative estimate of drug-likeness (QED) is 0.697. The van der Waals surface area contributed by atoms with Crippen LogP contribution in [0.3, 0.4) is 0 Å². The molecule has 1 aromatic carbocycles. The number of benzene rings is 1. The number of allylic oxidation sites excluding steroid dienone is 1. The number of rotatable bonds is 6. The van der Waals surface area contributed by atoms with E-state index in [0.717, 1.165) is 17.7 Å². The topological polar surface area (TPSA) is 60.5 Å². The van der Waals surface area contributed by atoms with Crippen LogP contribution in [0.1, 0.15) is 44.4 Å². The second-order valence-corrected chi connectivity index (χ2v) is 5.83. The fourth-order valence-electron chi connectivity index (χ4n) is 2.35. The molecule has 0 aliphatic heterocycles. The summed E-state index contributed by atoms with van der Waals surface area (Å²) in [7, 11) is 0. The minimum Gasteiger partial charge on any atom is -0.482 e. The van der Waals surface area contributed by atoms with Gasteiger partial charge in [-0.25, -0.2) is 9.37 Å². The van der Waals surface area contributed by atoms with Crippen molar-refractivity contribution in [3.63, 3.8) is 0 Å². The number of aromatic nitrogens is 1. The number of halogens is 2. The van der Waals surface area contributed by atoms with Gasteiger partial charge in [-0.1, -0.05) is 24.6 Å². The molecule has 0 aliphatic rings. The van der Waals surface area contributed by atoms with Gasteiger partial charge in [-0.2, -0.15) is 0 Å². The number of anilines is 1. The van der Waals surface area contributed by atoms with Crippen molar-refractivity contribution >= 4 is 29.3 Å². The third-order valence-corrected chi connectivity index (χ3v) is 3.89. The first kappa shape index (κ1) is 18.9. The Morgan fingerprint density at radius 1 is 1.44 bits per heavy atom. The number of pyridine rings is 1. The van der Waals surface area contributed by atoms with Crippen molar-refractivity contribution in [2.45, 2.75) is 33.3 Å². The Balaban J connectivity index is 2.34. The largest absolute Gasteiger partial charge is 0.482 e. The molecule has 2 aromatic rings. The number of hydrogen-bond acceptors (Lipinski definition) is 4. The van der Waals surface area contributed by atoms with E-state index in [0.29, 0.717) is 16.3 Å². The van der Waals surface area contributed by atoms with Gasteiger partial charge in [0.2, 0.25) is 0 Å². The van der Waals surface area contributed by atoms with Crippen molar-refractivity contribution in [2.75, 3.05) is 5.73 Å². The van der Waals surface area contributed by atoms with Crippen molar-refractivity contribution in [1.82, 2.24) is 4.98 Å². The van der Waals surface area contributed by atoms with Crippen LogP contribution in [0, 0.1) is 5.82 Å². The minimum atomic E-state index is -0.490. The maximum atomic E-state index is 13.5. The normalized spacial score (nSPS) is 13.2. The molecule has 0 aliphatic carbocycles. The van der Waals surface area contributed by atoms with Crippen LogP contribution in [0.2, 0.25) is 5.02 Å². The Hall–Kier alpha value is -2.40. The van der Waals surface area contributed by atoms with Crippen LogP contribution in [0.15, 0.2) is 41.5 Å². The molecule has 1 atom stereocenters. The first-order valence-corrected chi connectivity index (χ1v) is 8.40. The molecule has 0 fully saturated rings. The van der Waals surface area contributed by atoms with Gasteiger partial charge in [-0.15, -0.1) is 0 Å². The molecule has 1 aromatic heterocycles. The lowest BCUT2D eigenvalue weighted by Gasteiger charge is -2.18. The maximum absolute atomic E-state index is 13.5. The smallest absolute Gasteiger partial charge is 0.166 e. The summed E-state index contributed by atoms with van der Waals surface area (Å²) in [5.74, 6) is 0.276. The van der Waals surface area contributed by atoms with E-state index in [1.807, 2.05) is 19.9 Å².